The van der Waals surface area contributed by atoms with Crippen LogP contribution < -0.4 is 5.73 Å². The molecule has 1 aromatic rings. The van der Waals surface area contributed by atoms with Crippen LogP contribution in [0.5, 0.6) is 5.75 Å². The van der Waals surface area contributed by atoms with Gasteiger partial charge in [-0.15, -0.1) is 0 Å². The van der Waals surface area contributed by atoms with E-state index in [-0.39, 0.29) is 35.5 Å². The molecule has 1 aromatic carbocycles. The molecule has 190 valence electrons. The van der Waals surface area contributed by atoms with E-state index < -0.39 is 69.5 Å². The van der Waals surface area contributed by atoms with Crippen molar-refractivity contribution in [1.82, 2.24) is 4.90 Å². The van der Waals surface area contributed by atoms with Crippen LogP contribution in [0, 0.1) is 21.3 Å². The average molecular weight is 618 g/mol. The van der Waals surface area contributed by atoms with Gasteiger partial charge in [-0.2, -0.15) is 0 Å². The summed E-state index contributed by atoms with van der Waals surface area (Å²) < 4.78 is 12.5. The molecular formula is C23H27IN2O8S. The number of fused-ring (bicyclic) bond motifs is 3. The molecule has 3 aliphatic rings. The highest BCUT2D eigenvalue weighted by molar-refractivity contribution is 14.1. The lowest BCUT2D eigenvalue weighted by Gasteiger charge is -2.53. The molecule has 10 nitrogen and oxygen atoms in total. The number of amides is 1. The van der Waals surface area contributed by atoms with Crippen LogP contribution in [0.4, 0.5) is 0 Å². The number of aromatic hydroxyl groups is 1. The molecule has 0 saturated heterocycles. The van der Waals surface area contributed by atoms with Gasteiger partial charge in [0.25, 0.3) is 0 Å². The van der Waals surface area contributed by atoms with Crippen molar-refractivity contribution in [2.24, 2.45) is 23.5 Å². The first-order valence-electron chi connectivity index (χ1n) is 10.9. The zero-order valence-corrected chi connectivity index (χ0v) is 22.3. The minimum absolute atomic E-state index is 0.0119. The molecule has 0 aliphatic heterocycles. The number of nitrogens with zero attached hydrogens (tertiary/aromatic N) is 1. The van der Waals surface area contributed by atoms with Gasteiger partial charge in [-0.3, -0.25) is 18.6 Å². The number of likely N-dealkylation sites (N-methyl/N-ethyl adjacent to an activating group) is 1. The van der Waals surface area contributed by atoms with E-state index in [1.165, 1.54) is 6.26 Å². The molecule has 35 heavy (non-hydrogen) atoms. The minimum atomic E-state index is -2.68. The Balaban J connectivity index is 1.93. The van der Waals surface area contributed by atoms with Crippen molar-refractivity contribution < 1.29 is 39.0 Å². The fourth-order valence-corrected chi connectivity index (χ4v) is 7.53. The van der Waals surface area contributed by atoms with Crippen LogP contribution in [0.2, 0.25) is 0 Å². The summed E-state index contributed by atoms with van der Waals surface area (Å²) >= 11 is 2.05. The third-order valence-corrected chi connectivity index (χ3v) is 9.15. The molecule has 0 heterocycles. The Kier molecular flexibility index (Phi) is 6.67. The van der Waals surface area contributed by atoms with Crippen LogP contribution in [0.25, 0.3) is 5.76 Å². The van der Waals surface area contributed by atoms with E-state index >= 15 is 0 Å². The van der Waals surface area contributed by atoms with Crippen molar-refractivity contribution in [3.63, 3.8) is 0 Å². The molecule has 7 unspecified atom stereocenters. The fraction of sp³-hybridized carbons (Fsp3) is 0.522. The first kappa shape index (κ1) is 26.2. The molecular weight excluding hydrogens is 591 g/mol. The van der Waals surface area contributed by atoms with Gasteiger partial charge in [0.2, 0.25) is 11.7 Å². The second-order valence-corrected chi connectivity index (χ2v) is 12.3. The molecule has 6 N–H and O–H groups in total. The number of hydrogen-bond donors (Lipinski definition) is 5. The standard InChI is InChI=1S/C23H27IN2O8S/c1-26(2)16-11-5-8-4-10-12(24)6-9(7-35(3)34)17(27)14(10)18(28)13(8)20(30)23(11,33)21(31)15(19(16)29)22(25)32/h6,8,11,15-16,19,27-29,33H,4-5,7H2,1-3H3,(H2,25,32). The number of benzene rings is 1. The Labute approximate surface area is 217 Å². The zero-order valence-electron chi connectivity index (χ0n) is 19.3. The fourth-order valence-electron chi connectivity index (χ4n) is 6.01. The number of aliphatic hydroxyl groups is 3. The van der Waals surface area contributed by atoms with Gasteiger partial charge in [-0.05, 0) is 67.1 Å². The number of nitrogens with two attached hydrogens (primary N) is 1. The summed E-state index contributed by atoms with van der Waals surface area (Å²) in [6, 6.07) is 0.752. The van der Waals surface area contributed by atoms with Gasteiger partial charge < -0.3 is 31.1 Å². The highest BCUT2D eigenvalue weighted by Crippen LogP contribution is 2.53. The quantitative estimate of drug-likeness (QED) is 0.222. The number of carbonyl (C=O) groups excluding carboxylic acids is 3. The number of phenols is 1. The molecule has 12 heteroatoms. The molecule has 4 rings (SSSR count). The summed E-state index contributed by atoms with van der Waals surface area (Å²) in [6.07, 6.45) is 0.248. The van der Waals surface area contributed by atoms with E-state index in [2.05, 4.69) is 22.6 Å². The smallest absolute Gasteiger partial charge is 0.230 e. The predicted octanol–water partition coefficient (Wildman–Crippen LogP) is -0.388. The van der Waals surface area contributed by atoms with Crippen LogP contribution >= 0.6 is 22.6 Å². The summed E-state index contributed by atoms with van der Waals surface area (Å²) in [5.74, 6) is -7.71. The second-order valence-electron chi connectivity index (χ2n) is 9.73. The molecule has 0 radical (unpaired) electrons. The minimum Gasteiger partial charge on any atom is -0.507 e. The lowest BCUT2D eigenvalue weighted by Crippen LogP contribution is -2.73. The Morgan fingerprint density at radius 2 is 1.94 bits per heavy atom. The summed E-state index contributed by atoms with van der Waals surface area (Å²) in [4.78, 5) is 40.7. The Morgan fingerprint density at radius 3 is 2.49 bits per heavy atom. The average Bonchev–Trinajstić information content (AvgIpc) is 2.73. The topological polar surface area (TPSA) is 178 Å². The molecule has 7 atom stereocenters. The van der Waals surface area contributed by atoms with Gasteiger partial charge in [-0.25, -0.2) is 0 Å². The molecule has 3 aliphatic carbocycles. The summed E-state index contributed by atoms with van der Waals surface area (Å²) in [5, 5.41) is 44.6. The van der Waals surface area contributed by atoms with Crippen molar-refractivity contribution in [1.29, 1.82) is 0 Å². The van der Waals surface area contributed by atoms with Crippen molar-refractivity contribution in [3.8, 4) is 5.75 Å². The third-order valence-electron chi connectivity index (χ3n) is 7.47. The number of halogens is 1. The van der Waals surface area contributed by atoms with Gasteiger partial charge in [0.15, 0.2) is 11.4 Å². The van der Waals surface area contributed by atoms with Crippen LogP contribution in [-0.4, -0.2) is 85.1 Å². The molecule has 0 bridgehead atoms. The first-order valence-corrected chi connectivity index (χ1v) is 13.8. The van der Waals surface area contributed by atoms with Crippen molar-refractivity contribution in [2.75, 3.05) is 20.4 Å². The van der Waals surface area contributed by atoms with Gasteiger partial charge in [0, 0.05) is 43.7 Å². The van der Waals surface area contributed by atoms with E-state index in [0.717, 1.165) is 0 Å². The van der Waals surface area contributed by atoms with Crippen LogP contribution in [0.15, 0.2) is 11.6 Å². The molecule has 1 amide bonds. The Morgan fingerprint density at radius 1 is 1.31 bits per heavy atom. The summed E-state index contributed by atoms with van der Waals surface area (Å²) in [6.45, 7) is 0. The highest BCUT2D eigenvalue weighted by atomic mass is 127. The maximum absolute atomic E-state index is 13.8. The van der Waals surface area contributed by atoms with Gasteiger partial charge in [-0.1, -0.05) is 0 Å². The second kappa shape index (κ2) is 8.91. The van der Waals surface area contributed by atoms with E-state index in [1.54, 1.807) is 25.1 Å². The monoisotopic (exact) mass is 618 g/mol. The summed E-state index contributed by atoms with van der Waals surface area (Å²) in [5.41, 5.74) is 3.42. The number of Topliss-reactive ketones (excluding diaryl/α,β-unsaturated/α-hetero) is 2. The van der Waals surface area contributed by atoms with Crippen molar-refractivity contribution in [2.45, 2.75) is 36.3 Å². The number of rotatable bonds is 4. The number of hydrogen-bond acceptors (Lipinski definition) is 9. The number of ketones is 2. The molecule has 0 aromatic heterocycles. The Bertz CT molecular complexity index is 1210. The van der Waals surface area contributed by atoms with E-state index in [1.807, 2.05) is 0 Å². The van der Waals surface area contributed by atoms with Gasteiger partial charge in [0.1, 0.15) is 17.4 Å². The lowest BCUT2D eigenvalue weighted by atomic mass is 9.54. The lowest BCUT2D eigenvalue weighted by molar-refractivity contribution is -0.184. The maximum Gasteiger partial charge on any atom is 0.230 e. The van der Waals surface area contributed by atoms with E-state index in [0.29, 0.717) is 14.7 Å². The first-order chi connectivity index (χ1) is 16.2. The molecule has 2 fully saturated rings. The predicted molar refractivity (Wildman–Crippen MR) is 135 cm³/mol. The van der Waals surface area contributed by atoms with Gasteiger partial charge >= 0.3 is 0 Å². The molecule has 0 spiro atoms. The number of primary amides is 1. The SMILES string of the molecule is CN(C)C1C(O)C(C(N)=O)C(=O)C2(O)C(=O)C3=C(O)c4c(O)c(CS(C)=O)cc(I)c4CC3CC12. The van der Waals surface area contributed by atoms with E-state index in [9.17, 15) is 39.0 Å². The van der Waals surface area contributed by atoms with Crippen molar-refractivity contribution in [3.05, 3.63) is 31.9 Å². The molecule has 2 saturated carbocycles. The third kappa shape index (κ3) is 3.76. The maximum atomic E-state index is 13.8. The van der Waals surface area contributed by atoms with Crippen LogP contribution in [-0.2, 0) is 37.4 Å². The highest BCUT2D eigenvalue weighted by Gasteiger charge is 2.67. The van der Waals surface area contributed by atoms with Crippen LogP contribution in [0.3, 0.4) is 0 Å². The summed E-state index contributed by atoms with van der Waals surface area (Å²) in [7, 11) is 1.92. The number of phenolic OH excluding ortho intramolecular Hbond substituents is 1. The Hall–Kier alpha value is -1.87. The number of carbonyl (C=O) groups is 3. The normalized spacial score (nSPS) is 33.3. The van der Waals surface area contributed by atoms with E-state index in [4.69, 9.17) is 5.73 Å². The van der Waals surface area contributed by atoms with Crippen molar-refractivity contribution >= 4 is 56.6 Å². The van der Waals surface area contributed by atoms with Gasteiger partial charge in [0.05, 0.1) is 17.4 Å². The zero-order chi connectivity index (χ0) is 26.1. The van der Waals surface area contributed by atoms with Crippen LogP contribution in [0.1, 0.15) is 23.1 Å². The number of aliphatic hydroxyl groups excluding tert-OH is 2. The largest absolute Gasteiger partial charge is 0.507 e.